The number of hydrogen-bond donors (Lipinski definition) is 1. The largest absolute Gasteiger partial charge is 0.485 e. The Bertz CT molecular complexity index is 1190. The van der Waals surface area contributed by atoms with Crippen LogP contribution in [0.25, 0.3) is 11.6 Å². The van der Waals surface area contributed by atoms with E-state index < -0.39 is 15.8 Å². The van der Waals surface area contributed by atoms with E-state index in [0.29, 0.717) is 11.3 Å². The molecular formula is C22H18FNO3S. The maximum atomic E-state index is 14.4. The van der Waals surface area contributed by atoms with E-state index in [2.05, 4.69) is 4.72 Å². The number of sulfonamides is 1. The van der Waals surface area contributed by atoms with Crippen molar-refractivity contribution in [2.75, 3.05) is 11.0 Å². The van der Waals surface area contributed by atoms with E-state index in [0.717, 1.165) is 28.5 Å². The minimum absolute atomic E-state index is 0.218. The molecule has 0 aliphatic carbocycles. The van der Waals surface area contributed by atoms with Crippen LogP contribution in [0.15, 0.2) is 66.7 Å². The van der Waals surface area contributed by atoms with Crippen LogP contribution in [0.1, 0.15) is 22.3 Å². The number of anilines is 1. The number of nitrogens with one attached hydrogen (secondary N) is 1. The van der Waals surface area contributed by atoms with Crippen molar-refractivity contribution in [2.45, 2.75) is 6.61 Å². The Morgan fingerprint density at radius 3 is 2.57 bits per heavy atom. The predicted molar refractivity (Wildman–Crippen MR) is 109 cm³/mol. The maximum absolute atomic E-state index is 14.4. The van der Waals surface area contributed by atoms with Gasteiger partial charge in [0.25, 0.3) is 0 Å². The summed E-state index contributed by atoms with van der Waals surface area (Å²) in [4.78, 5) is 0. The number of ether oxygens (including phenoxy) is 1. The molecule has 1 aliphatic rings. The van der Waals surface area contributed by atoms with E-state index >= 15 is 0 Å². The van der Waals surface area contributed by atoms with E-state index in [4.69, 9.17) is 4.74 Å². The second-order valence-electron chi connectivity index (χ2n) is 6.62. The Balaban J connectivity index is 1.89. The van der Waals surface area contributed by atoms with Crippen LogP contribution in [0.2, 0.25) is 0 Å². The first-order chi connectivity index (χ1) is 13.4. The van der Waals surface area contributed by atoms with Gasteiger partial charge in [0.05, 0.1) is 6.26 Å². The molecule has 142 valence electrons. The van der Waals surface area contributed by atoms with E-state index in [-0.39, 0.29) is 12.4 Å². The third-order valence-electron chi connectivity index (χ3n) is 4.44. The Kier molecular flexibility index (Phi) is 4.65. The molecule has 4 rings (SSSR count). The standard InChI is InChI=1S/C22H18FNO3S/c1-28(25,26)24-17-8-4-6-15(12-17)13-20-18-9-3-2-7-16(18)14-27-22-19(20)10-5-11-21(22)23/h2-13,24H,14H2,1H3/b20-13+. The van der Waals surface area contributed by atoms with Gasteiger partial charge in [-0.3, -0.25) is 4.72 Å². The lowest BCUT2D eigenvalue weighted by Crippen LogP contribution is -2.09. The molecule has 0 spiro atoms. The Morgan fingerprint density at radius 1 is 1.00 bits per heavy atom. The maximum Gasteiger partial charge on any atom is 0.229 e. The summed E-state index contributed by atoms with van der Waals surface area (Å²) in [6.07, 6.45) is 3.02. The molecule has 28 heavy (non-hydrogen) atoms. The van der Waals surface area contributed by atoms with Crippen molar-refractivity contribution in [3.8, 4) is 5.75 Å². The van der Waals surface area contributed by atoms with Crippen LogP contribution < -0.4 is 9.46 Å². The zero-order valence-electron chi connectivity index (χ0n) is 15.1. The fraction of sp³-hybridized carbons (Fsp3) is 0.0909. The number of halogens is 1. The third kappa shape index (κ3) is 3.77. The van der Waals surface area contributed by atoms with Gasteiger partial charge in [-0.15, -0.1) is 0 Å². The van der Waals surface area contributed by atoms with Crippen LogP contribution in [0.3, 0.4) is 0 Å². The summed E-state index contributed by atoms with van der Waals surface area (Å²) in [5.74, 6) is -0.195. The highest BCUT2D eigenvalue weighted by atomic mass is 32.2. The Hall–Kier alpha value is -3.12. The van der Waals surface area contributed by atoms with E-state index in [1.807, 2.05) is 42.5 Å². The van der Waals surface area contributed by atoms with Gasteiger partial charge in [0.15, 0.2) is 11.6 Å². The minimum Gasteiger partial charge on any atom is -0.485 e. The molecule has 1 N–H and O–H groups in total. The van der Waals surface area contributed by atoms with Gasteiger partial charge in [-0.05, 0) is 46.5 Å². The minimum atomic E-state index is -3.38. The first kappa shape index (κ1) is 18.3. The molecule has 0 radical (unpaired) electrons. The van der Waals surface area contributed by atoms with Crippen molar-refractivity contribution >= 4 is 27.4 Å². The van der Waals surface area contributed by atoms with Crippen molar-refractivity contribution < 1.29 is 17.5 Å². The molecule has 4 nitrogen and oxygen atoms in total. The fourth-order valence-corrected chi connectivity index (χ4v) is 3.85. The monoisotopic (exact) mass is 395 g/mol. The summed E-state index contributed by atoms with van der Waals surface area (Å²) in [5.41, 5.74) is 4.64. The van der Waals surface area contributed by atoms with Gasteiger partial charge in [-0.2, -0.15) is 0 Å². The van der Waals surface area contributed by atoms with E-state index in [1.165, 1.54) is 6.07 Å². The molecule has 3 aromatic carbocycles. The quantitative estimate of drug-likeness (QED) is 0.701. The van der Waals surface area contributed by atoms with Crippen molar-refractivity contribution in [2.24, 2.45) is 0 Å². The lowest BCUT2D eigenvalue weighted by Gasteiger charge is -2.12. The van der Waals surface area contributed by atoms with Crippen molar-refractivity contribution in [1.82, 2.24) is 0 Å². The summed E-state index contributed by atoms with van der Waals surface area (Å²) in [6, 6.07) is 19.7. The molecular weight excluding hydrogens is 377 g/mol. The van der Waals surface area contributed by atoms with Gasteiger partial charge in [0, 0.05) is 11.3 Å². The third-order valence-corrected chi connectivity index (χ3v) is 5.04. The second kappa shape index (κ2) is 7.13. The summed E-state index contributed by atoms with van der Waals surface area (Å²) in [5, 5.41) is 0. The number of fused-ring (bicyclic) bond motifs is 2. The average Bonchev–Trinajstić information content (AvgIpc) is 2.79. The van der Waals surface area contributed by atoms with Crippen molar-refractivity contribution in [1.29, 1.82) is 0 Å². The van der Waals surface area contributed by atoms with Crippen molar-refractivity contribution in [3.63, 3.8) is 0 Å². The molecule has 0 unspecified atom stereocenters. The summed E-state index contributed by atoms with van der Waals surface area (Å²) in [6.45, 7) is 0.275. The molecule has 0 saturated heterocycles. The molecule has 1 heterocycles. The number of benzene rings is 3. The topological polar surface area (TPSA) is 55.4 Å². The van der Waals surface area contributed by atoms with Crippen LogP contribution >= 0.6 is 0 Å². The smallest absolute Gasteiger partial charge is 0.229 e. The molecule has 0 atom stereocenters. The molecule has 0 aromatic heterocycles. The van der Waals surface area contributed by atoms with E-state index in [9.17, 15) is 12.8 Å². The van der Waals surface area contributed by atoms with Crippen LogP contribution in [-0.4, -0.2) is 14.7 Å². The second-order valence-corrected chi connectivity index (χ2v) is 8.37. The summed E-state index contributed by atoms with van der Waals surface area (Å²) in [7, 11) is -3.38. The number of para-hydroxylation sites is 1. The van der Waals surface area contributed by atoms with Crippen LogP contribution in [0, 0.1) is 5.82 Å². The first-order valence-electron chi connectivity index (χ1n) is 8.70. The van der Waals surface area contributed by atoms with Gasteiger partial charge < -0.3 is 4.74 Å². The van der Waals surface area contributed by atoms with E-state index in [1.54, 1.807) is 24.3 Å². The normalized spacial score (nSPS) is 14.6. The van der Waals surface area contributed by atoms with Gasteiger partial charge in [-0.1, -0.05) is 48.5 Å². The first-order valence-corrected chi connectivity index (χ1v) is 10.6. The van der Waals surface area contributed by atoms with Gasteiger partial charge in [0.1, 0.15) is 6.61 Å². The molecule has 0 fully saturated rings. The number of hydrogen-bond acceptors (Lipinski definition) is 3. The zero-order chi connectivity index (χ0) is 19.7. The fourth-order valence-electron chi connectivity index (χ4n) is 3.30. The van der Waals surface area contributed by atoms with Gasteiger partial charge in [0.2, 0.25) is 10.0 Å². The van der Waals surface area contributed by atoms with Gasteiger partial charge >= 0.3 is 0 Å². The highest BCUT2D eigenvalue weighted by Gasteiger charge is 2.21. The molecule has 3 aromatic rings. The summed E-state index contributed by atoms with van der Waals surface area (Å²) < 4.78 is 45.7. The zero-order valence-corrected chi connectivity index (χ0v) is 16.0. The van der Waals surface area contributed by atoms with Crippen LogP contribution in [0.5, 0.6) is 5.75 Å². The number of rotatable bonds is 3. The average molecular weight is 395 g/mol. The molecule has 0 saturated carbocycles. The Morgan fingerprint density at radius 2 is 1.75 bits per heavy atom. The molecule has 0 bridgehead atoms. The van der Waals surface area contributed by atoms with Crippen LogP contribution in [0.4, 0.5) is 10.1 Å². The Labute approximate surface area is 163 Å². The SMILES string of the molecule is CS(=O)(=O)Nc1cccc(/C=C2\c3ccccc3COc3c(F)cccc32)c1. The van der Waals surface area contributed by atoms with Crippen molar-refractivity contribution in [3.05, 3.63) is 94.8 Å². The molecule has 0 amide bonds. The summed E-state index contributed by atoms with van der Waals surface area (Å²) >= 11 is 0. The van der Waals surface area contributed by atoms with Crippen LogP contribution in [-0.2, 0) is 16.6 Å². The highest BCUT2D eigenvalue weighted by molar-refractivity contribution is 7.92. The molecule has 6 heteroatoms. The predicted octanol–water partition coefficient (Wildman–Crippen LogP) is 4.68. The lowest BCUT2D eigenvalue weighted by atomic mass is 9.92. The van der Waals surface area contributed by atoms with Gasteiger partial charge in [-0.25, -0.2) is 12.8 Å². The molecule has 1 aliphatic heterocycles. The highest BCUT2D eigenvalue weighted by Crippen LogP contribution is 2.39. The lowest BCUT2D eigenvalue weighted by molar-refractivity contribution is 0.291.